The van der Waals surface area contributed by atoms with Crippen molar-refractivity contribution in [3.63, 3.8) is 0 Å². The topological polar surface area (TPSA) is 52.7 Å². The van der Waals surface area contributed by atoms with Gasteiger partial charge in [-0.2, -0.15) is 0 Å². The van der Waals surface area contributed by atoms with E-state index in [0.29, 0.717) is 11.4 Å². The molecule has 1 aromatic heterocycles. The Balaban J connectivity index is 1.99. The van der Waals surface area contributed by atoms with Gasteiger partial charge in [0.25, 0.3) is 5.91 Å². The normalized spacial score (nSPS) is 12.0. The summed E-state index contributed by atoms with van der Waals surface area (Å²) in [4.78, 5) is 28.9. The summed E-state index contributed by atoms with van der Waals surface area (Å²) in [6.07, 6.45) is 0. The first-order chi connectivity index (χ1) is 11.9. The molecule has 0 bridgehead atoms. The largest absolute Gasteiger partial charge is 0.346 e. The van der Waals surface area contributed by atoms with Crippen LogP contribution in [-0.2, 0) is 4.79 Å². The van der Waals surface area contributed by atoms with E-state index in [0.717, 1.165) is 9.35 Å². The Bertz CT molecular complexity index is 718. The Morgan fingerprint density at radius 2 is 1.80 bits per heavy atom. The number of halogens is 1. The average molecular weight is 424 g/mol. The number of rotatable bonds is 7. The molecule has 2 aromatic rings. The van der Waals surface area contributed by atoms with E-state index in [1.807, 2.05) is 55.4 Å². The number of hydrogen-bond acceptors (Lipinski definition) is 4. The second kappa shape index (κ2) is 9.12. The molecule has 0 saturated heterocycles. The first-order valence-electron chi connectivity index (χ1n) is 7.86. The van der Waals surface area contributed by atoms with E-state index < -0.39 is 0 Å². The Hall–Kier alpha value is -1.70. The summed E-state index contributed by atoms with van der Waals surface area (Å²) in [6.45, 7) is 0.705. The molecule has 0 aliphatic carbocycles. The maximum Gasteiger partial charge on any atom is 0.264 e. The van der Waals surface area contributed by atoms with Crippen molar-refractivity contribution >= 4 is 39.1 Å². The van der Waals surface area contributed by atoms with E-state index in [-0.39, 0.29) is 24.4 Å². The lowest BCUT2D eigenvalue weighted by Crippen LogP contribution is -2.42. The van der Waals surface area contributed by atoms with Gasteiger partial charge in [0.1, 0.15) is 0 Å². The highest BCUT2D eigenvalue weighted by molar-refractivity contribution is 9.11. The Morgan fingerprint density at radius 1 is 1.12 bits per heavy atom. The van der Waals surface area contributed by atoms with E-state index in [1.54, 1.807) is 13.1 Å². The first-order valence-corrected chi connectivity index (χ1v) is 9.47. The predicted molar refractivity (Wildman–Crippen MR) is 105 cm³/mol. The molecule has 134 valence electrons. The molecule has 5 nitrogen and oxygen atoms in total. The lowest BCUT2D eigenvalue weighted by atomic mass is 10.1. The van der Waals surface area contributed by atoms with E-state index >= 15 is 0 Å². The van der Waals surface area contributed by atoms with Crippen molar-refractivity contribution in [2.45, 2.75) is 6.04 Å². The van der Waals surface area contributed by atoms with E-state index in [4.69, 9.17) is 0 Å². The fraction of sp³-hybridized carbons (Fsp3) is 0.333. The van der Waals surface area contributed by atoms with Crippen LogP contribution in [0.25, 0.3) is 0 Å². The highest BCUT2D eigenvalue weighted by atomic mass is 79.9. The standard InChI is InChI=1S/C18H22BrN3O2S/c1-21(2)11-14(13-7-5-4-6-8-13)20-17(23)12-22(3)18(24)15-9-10-16(19)25-15/h4-10,14H,11-12H2,1-3H3,(H,20,23). The third kappa shape index (κ3) is 5.95. The zero-order valence-electron chi connectivity index (χ0n) is 14.5. The molecule has 1 heterocycles. The van der Waals surface area contributed by atoms with Gasteiger partial charge in [-0.25, -0.2) is 0 Å². The number of carbonyl (C=O) groups excluding carboxylic acids is 2. The van der Waals surface area contributed by atoms with Crippen LogP contribution in [0.5, 0.6) is 0 Å². The van der Waals surface area contributed by atoms with Crippen LogP contribution in [-0.4, -0.2) is 55.8 Å². The Labute approximate surface area is 160 Å². The molecular weight excluding hydrogens is 402 g/mol. The Morgan fingerprint density at radius 3 is 2.36 bits per heavy atom. The van der Waals surface area contributed by atoms with Gasteiger partial charge in [-0.15, -0.1) is 11.3 Å². The summed E-state index contributed by atoms with van der Waals surface area (Å²) in [5.74, 6) is -0.336. The van der Waals surface area contributed by atoms with Crippen molar-refractivity contribution in [1.29, 1.82) is 0 Å². The third-order valence-electron chi connectivity index (χ3n) is 3.60. The summed E-state index contributed by atoms with van der Waals surface area (Å²) >= 11 is 4.70. The van der Waals surface area contributed by atoms with Gasteiger partial charge in [0.2, 0.25) is 5.91 Å². The Kier molecular flexibility index (Phi) is 7.16. The SMILES string of the molecule is CN(C)CC(NC(=O)CN(C)C(=O)c1ccc(Br)s1)c1ccccc1. The van der Waals surface area contributed by atoms with Crippen LogP contribution in [0.15, 0.2) is 46.3 Å². The molecule has 2 rings (SSSR count). The summed E-state index contributed by atoms with van der Waals surface area (Å²) in [7, 11) is 5.57. The summed E-state index contributed by atoms with van der Waals surface area (Å²) in [6, 6.07) is 13.3. The minimum absolute atomic E-state index is 0.0190. The lowest BCUT2D eigenvalue weighted by Gasteiger charge is -2.24. The number of nitrogens with zero attached hydrogens (tertiary/aromatic N) is 2. The number of likely N-dealkylation sites (N-methyl/N-ethyl adjacent to an activating group) is 2. The van der Waals surface area contributed by atoms with Crippen LogP contribution >= 0.6 is 27.3 Å². The van der Waals surface area contributed by atoms with Crippen molar-refractivity contribution in [2.24, 2.45) is 0 Å². The summed E-state index contributed by atoms with van der Waals surface area (Å²) in [5.41, 5.74) is 1.04. The highest BCUT2D eigenvalue weighted by Gasteiger charge is 2.20. The van der Waals surface area contributed by atoms with Crippen molar-refractivity contribution in [2.75, 3.05) is 34.2 Å². The van der Waals surface area contributed by atoms with Crippen LogP contribution in [0.4, 0.5) is 0 Å². The third-order valence-corrected chi connectivity index (χ3v) is 5.21. The molecule has 0 spiro atoms. The monoisotopic (exact) mass is 423 g/mol. The van der Waals surface area contributed by atoms with Gasteiger partial charge >= 0.3 is 0 Å². The second-order valence-electron chi connectivity index (χ2n) is 6.06. The van der Waals surface area contributed by atoms with Gasteiger partial charge in [-0.05, 0) is 47.7 Å². The van der Waals surface area contributed by atoms with Gasteiger partial charge in [-0.1, -0.05) is 30.3 Å². The number of amides is 2. The molecule has 2 amide bonds. The van der Waals surface area contributed by atoms with Crippen LogP contribution in [0.1, 0.15) is 21.3 Å². The molecule has 7 heteroatoms. The fourth-order valence-corrected chi connectivity index (χ4v) is 3.81. The quantitative estimate of drug-likeness (QED) is 0.744. The molecule has 0 fully saturated rings. The fourth-order valence-electron chi connectivity index (χ4n) is 2.43. The van der Waals surface area contributed by atoms with Crippen molar-refractivity contribution in [3.05, 3.63) is 56.7 Å². The number of nitrogens with one attached hydrogen (secondary N) is 1. The van der Waals surface area contributed by atoms with Gasteiger partial charge in [0, 0.05) is 13.6 Å². The number of hydrogen-bond donors (Lipinski definition) is 1. The minimum Gasteiger partial charge on any atom is -0.346 e. The number of thiophene rings is 1. The predicted octanol–water partition coefficient (Wildman–Crippen LogP) is 3.00. The van der Waals surface area contributed by atoms with E-state index in [9.17, 15) is 9.59 Å². The molecule has 0 saturated carbocycles. The van der Waals surface area contributed by atoms with Gasteiger partial charge in [-0.3, -0.25) is 9.59 Å². The van der Waals surface area contributed by atoms with Crippen LogP contribution in [0.2, 0.25) is 0 Å². The number of carbonyl (C=O) groups is 2. The van der Waals surface area contributed by atoms with Crippen molar-refractivity contribution in [3.8, 4) is 0 Å². The highest BCUT2D eigenvalue weighted by Crippen LogP contribution is 2.23. The molecule has 1 N–H and O–H groups in total. The molecule has 1 aromatic carbocycles. The second-order valence-corrected chi connectivity index (χ2v) is 8.52. The smallest absolute Gasteiger partial charge is 0.264 e. The van der Waals surface area contributed by atoms with Crippen molar-refractivity contribution < 1.29 is 9.59 Å². The van der Waals surface area contributed by atoms with Gasteiger partial charge in [0.15, 0.2) is 0 Å². The zero-order chi connectivity index (χ0) is 18.4. The van der Waals surface area contributed by atoms with Gasteiger partial charge < -0.3 is 15.1 Å². The lowest BCUT2D eigenvalue weighted by molar-refractivity contribution is -0.122. The van der Waals surface area contributed by atoms with E-state index in [2.05, 4.69) is 21.2 Å². The summed E-state index contributed by atoms with van der Waals surface area (Å²) < 4.78 is 0.892. The first kappa shape index (κ1) is 19.6. The molecule has 0 radical (unpaired) electrons. The molecule has 0 aliphatic heterocycles. The van der Waals surface area contributed by atoms with Crippen molar-refractivity contribution in [1.82, 2.24) is 15.1 Å². The molecule has 1 unspecified atom stereocenters. The van der Waals surface area contributed by atoms with Crippen LogP contribution < -0.4 is 5.32 Å². The number of benzene rings is 1. The maximum absolute atomic E-state index is 12.4. The minimum atomic E-state index is -0.179. The zero-order valence-corrected chi connectivity index (χ0v) is 16.9. The molecule has 25 heavy (non-hydrogen) atoms. The van der Waals surface area contributed by atoms with Crippen LogP contribution in [0, 0.1) is 0 Å². The summed E-state index contributed by atoms with van der Waals surface area (Å²) in [5, 5.41) is 3.03. The molecular formula is C18H22BrN3O2S. The molecule has 1 atom stereocenters. The maximum atomic E-state index is 12.4. The molecule has 0 aliphatic rings. The van der Waals surface area contributed by atoms with Gasteiger partial charge in [0.05, 0.1) is 21.3 Å². The van der Waals surface area contributed by atoms with E-state index in [1.165, 1.54) is 16.2 Å². The average Bonchev–Trinajstić information content (AvgIpc) is 3.00. The van der Waals surface area contributed by atoms with Crippen LogP contribution in [0.3, 0.4) is 0 Å².